The maximum absolute atomic E-state index is 13.4. The molecule has 4 nitrogen and oxygen atoms in total. The molecule has 5 heteroatoms. The van der Waals surface area contributed by atoms with Crippen LogP contribution in [0.15, 0.2) is 54.7 Å². The van der Waals surface area contributed by atoms with Crippen molar-refractivity contribution >= 4 is 0 Å². The van der Waals surface area contributed by atoms with Gasteiger partial charge in [-0.3, -0.25) is 4.90 Å². The van der Waals surface area contributed by atoms with Crippen LogP contribution in [-0.2, 0) is 6.54 Å². The molecule has 3 aromatic rings. The molecule has 1 aromatic heterocycles. The lowest BCUT2D eigenvalue weighted by Gasteiger charge is -2.26. The molecule has 0 fully saturated rings. The summed E-state index contributed by atoms with van der Waals surface area (Å²) in [7, 11) is 0. The minimum atomic E-state index is -0.255. The van der Waals surface area contributed by atoms with Gasteiger partial charge in [0.15, 0.2) is 0 Å². The van der Waals surface area contributed by atoms with Crippen LogP contribution in [0.3, 0.4) is 0 Å². The standard InChI is InChI=1S/C23H28FN3O/c1-17(2)26(13-4-14-28)15-20-16-27(22-11-5-18(3)6-12-22)25-23(20)19-7-9-21(24)10-8-19/h5-12,16-17,28H,4,13-15H2,1-3H3. The summed E-state index contributed by atoms with van der Waals surface area (Å²) in [5, 5.41) is 14.0. The second-order valence-electron chi connectivity index (χ2n) is 7.43. The van der Waals surface area contributed by atoms with E-state index in [0.29, 0.717) is 6.04 Å². The first-order valence-electron chi connectivity index (χ1n) is 9.74. The van der Waals surface area contributed by atoms with Gasteiger partial charge < -0.3 is 5.11 Å². The Hall–Kier alpha value is -2.50. The van der Waals surface area contributed by atoms with Crippen molar-refractivity contribution in [1.29, 1.82) is 0 Å². The fourth-order valence-electron chi connectivity index (χ4n) is 3.22. The van der Waals surface area contributed by atoms with E-state index in [0.717, 1.165) is 42.0 Å². The largest absolute Gasteiger partial charge is 0.396 e. The molecule has 148 valence electrons. The first-order valence-corrected chi connectivity index (χ1v) is 9.74. The smallest absolute Gasteiger partial charge is 0.123 e. The summed E-state index contributed by atoms with van der Waals surface area (Å²) in [6, 6.07) is 15.1. The predicted octanol–water partition coefficient (Wildman–Crippen LogP) is 4.58. The highest BCUT2D eigenvalue weighted by atomic mass is 19.1. The average molecular weight is 381 g/mol. The molecule has 2 aromatic carbocycles. The van der Waals surface area contributed by atoms with Crippen LogP contribution in [0.5, 0.6) is 0 Å². The SMILES string of the molecule is Cc1ccc(-n2cc(CN(CCCO)C(C)C)c(-c3ccc(F)cc3)n2)cc1. The Balaban J connectivity index is 2.00. The van der Waals surface area contributed by atoms with E-state index in [9.17, 15) is 9.50 Å². The number of halogens is 1. The number of rotatable bonds is 8. The highest BCUT2D eigenvalue weighted by molar-refractivity contribution is 5.63. The lowest BCUT2D eigenvalue weighted by Crippen LogP contribution is -2.31. The van der Waals surface area contributed by atoms with Crippen LogP contribution < -0.4 is 0 Å². The maximum Gasteiger partial charge on any atom is 0.123 e. The molecular formula is C23H28FN3O. The molecule has 0 saturated heterocycles. The van der Waals surface area contributed by atoms with Crippen LogP contribution in [0.2, 0.25) is 0 Å². The van der Waals surface area contributed by atoms with Gasteiger partial charge in [-0.15, -0.1) is 0 Å². The number of aliphatic hydroxyl groups is 1. The molecular weight excluding hydrogens is 353 g/mol. The van der Waals surface area contributed by atoms with Gasteiger partial charge in [-0.2, -0.15) is 5.10 Å². The number of hydrogen-bond acceptors (Lipinski definition) is 3. The topological polar surface area (TPSA) is 41.3 Å². The van der Waals surface area contributed by atoms with Crippen molar-refractivity contribution in [2.75, 3.05) is 13.2 Å². The van der Waals surface area contributed by atoms with Gasteiger partial charge in [-0.1, -0.05) is 17.7 Å². The lowest BCUT2D eigenvalue weighted by atomic mass is 10.1. The van der Waals surface area contributed by atoms with Crippen molar-refractivity contribution in [3.63, 3.8) is 0 Å². The zero-order chi connectivity index (χ0) is 20.1. The number of nitrogens with zero attached hydrogens (tertiary/aromatic N) is 3. The van der Waals surface area contributed by atoms with Gasteiger partial charge in [-0.25, -0.2) is 9.07 Å². The van der Waals surface area contributed by atoms with Crippen LogP contribution in [0.1, 0.15) is 31.4 Å². The summed E-state index contributed by atoms with van der Waals surface area (Å²) < 4.78 is 15.3. The van der Waals surface area contributed by atoms with Gasteiger partial charge in [0.25, 0.3) is 0 Å². The summed E-state index contributed by atoms with van der Waals surface area (Å²) in [4.78, 5) is 2.32. The van der Waals surface area contributed by atoms with E-state index in [-0.39, 0.29) is 12.4 Å². The van der Waals surface area contributed by atoms with Crippen LogP contribution in [-0.4, -0.2) is 39.0 Å². The van der Waals surface area contributed by atoms with Crippen molar-refractivity contribution in [2.24, 2.45) is 0 Å². The molecule has 0 bridgehead atoms. The van der Waals surface area contributed by atoms with Gasteiger partial charge in [-0.05, 0) is 63.6 Å². The van der Waals surface area contributed by atoms with Crippen molar-refractivity contribution in [3.05, 3.63) is 71.7 Å². The normalized spacial score (nSPS) is 11.5. The first kappa shape index (κ1) is 20.2. The molecule has 3 rings (SSSR count). The van der Waals surface area contributed by atoms with Gasteiger partial charge in [0, 0.05) is 43.1 Å². The van der Waals surface area contributed by atoms with Crippen LogP contribution in [0.4, 0.5) is 4.39 Å². The molecule has 1 N–H and O–H groups in total. The van der Waals surface area contributed by atoms with Crippen molar-refractivity contribution in [3.8, 4) is 16.9 Å². The van der Waals surface area contributed by atoms with Crippen LogP contribution in [0.25, 0.3) is 16.9 Å². The first-order chi connectivity index (χ1) is 13.5. The predicted molar refractivity (Wildman–Crippen MR) is 111 cm³/mol. The molecule has 0 aliphatic heterocycles. The van der Waals surface area contributed by atoms with Crippen molar-refractivity contribution < 1.29 is 9.50 Å². The van der Waals surface area contributed by atoms with Gasteiger partial charge in [0.2, 0.25) is 0 Å². The Morgan fingerprint density at radius 1 is 1.07 bits per heavy atom. The van der Waals surface area contributed by atoms with E-state index in [1.807, 2.05) is 16.8 Å². The second kappa shape index (κ2) is 9.13. The molecule has 1 heterocycles. The third kappa shape index (κ3) is 4.86. The molecule has 0 spiro atoms. The molecule has 0 radical (unpaired) electrons. The highest BCUT2D eigenvalue weighted by Gasteiger charge is 2.17. The number of aliphatic hydroxyl groups excluding tert-OH is 1. The van der Waals surface area contributed by atoms with E-state index >= 15 is 0 Å². The summed E-state index contributed by atoms with van der Waals surface area (Å²) >= 11 is 0. The monoisotopic (exact) mass is 381 g/mol. The molecule has 0 aliphatic carbocycles. The molecule has 28 heavy (non-hydrogen) atoms. The zero-order valence-corrected chi connectivity index (χ0v) is 16.8. The summed E-state index contributed by atoms with van der Waals surface area (Å²) in [6.07, 6.45) is 2.79. The van der Waals surface area contributed by atoms with E-state index in [1.54, 1.807) is 12.1 Å². The average Bonchev–Trinajstić information content (AvgIpc) is 3.10. The minimum absolute atomic E-state index is 0.177. The maximum atomic E-state index is 13.4. The number of aryl methyl sites for hydroxylation is 1. The number of hydrogen-bond donors (Lipinski definition) is 1. The fraction of sp³-hybridized carbons (Fsp3) is 0.348. The van der Waals surface area contributed by atoms with E-state index < -0.39 is 0 Å². The summed E-state index contributed by atoms with van der Waals surface area (Å²) in [5.74, 6) is -0.255. The molecule has 0 aliphatic rings. The molecule has 0 amide bonds. The van der Waals surface area contributed by atoms with Crippen LogP contribution in [0, 0.1) is 12.7 Å². The van der Waals surface area contributed by atoms with Crippen molar-refractivity contribution in [2.45, 2.75) is 39.8 Å². The highest BCUT2D eigenvalue weighted by Crippen LogP contribution is 2.26. The Morgan fingerprint density at radius 2 is 1.75 bits per heavy atom. The number of benzene rings is 2. The third-order valence-electron chi connectivity index (χ3n) is 4.91. The lowest BCUT2D eigenvalue weighted by molar-refractivity contribution is 0.185. The summed E-state index contributed by atoms with van der Waals surface area (Å²) in [5.41, 5.74) is 5.03. The zero-order valence-electron chi connectivity index (χ0n) is 16.8. The van der Waals surface area contributed by atoms with E-state index in [2.05, 4.69) is 44.0 Å². The molecule has 0 unspecified atom stereocenters. The van der Waals surface area contributed by atoms with E-state index in [4.69, 9.17) is 5.10 Å². The molecule has 0 atom stereocenters. The van der Waals surface area contributed by atoms with Crippen LogP contribution >= 0.6 is 0 Å². The third-order valence-corrected chi connectivity index (χ3v) is 4.91. The second-order valence-corrected chi connectivity index (χ2v) is 7.43. The van der Waals surface area contributed by atoms with Gasteiger partial charge in [0.1, 0.15) is 5.82 Å². The van der Waals surface area contributed by atoms with Crippen molar-refractivity contribution in [1.82, 2.24) is 14.7 Å². The fourth-order valence-corrected chi connectivity index (χ4v) is 3.22. The summed E-state index contributed by atoms with van der Waals surface area (Å²) in [6.45, 7) is 8.07. The Bertz CT molecular complexity index is 885. The Kier molecular flexibility index (Phi) is 6.60. The van der Waals surface area contributed by atoms with E-state index in [1.165, 1.54) is 17.7 Å². The Morgan fingerprint density at radius 3 is 2.36 bits per heavy atom. The van der Waals surface area contributed by atoms with Gasteiger partial charge >= 0.3 is 0 Å². The quantitative estimate of drug-likeness (QED) is 0.621. The number of aromatic nitrogens is 2. The molecule has 0 saturated carbocycles. The Labute approximate surface area is 166 Å². The minimum Gasteiger partial charge on any atom is -0.396 e. The van der Waals surface area contributed by atoms with Gasteiger partial charge in [0.05, 0.1) is 11.4 Å².